The molecule has 3 aromatic rings. The van der Waals surface area contributed by atoms with Crippen LogP contribution in [-0.2, 0) is 6.54 Å². The first-order valence-corrected chi connectivity index (χ1v) is 10.3. The van der Waals surface area contributed by atoms with Gasteiger partial charge < -0.3 is 5.32 Å². The summed E-state index contributed by atoms with van der Waals surface area (Å²) < 4.78 is 0. The molecule has 0 bridgehead atoms. The van der Waals surface area contributed by atoms with E-state index < -0.39 is 0 Å². The second kappa shape index (κ2) is 9.48. The van der Waals surface area contributed by atoms with E-state index in [0.29, 0.717) is 5.92 Å². The normalized spacial score (nSPS) is 15.2. The van der Waals surface area contributed by atoms with Gasteiger partial charge in [0.25, 0.3) is 5.91 Å². The van der Waals surface area contributed by atoms with E-state index in [-0.39, 0.29) is 5.91 Å². The van der Waals surface area contributed by atoms with Crippen LogP contribution in [0.5, 0.6) is 0 Å². The van der Waals surface area contributed by atoms with Crippen LogP contribution in [-0.4, -0.2) is 35.4 Å². The van der Waals surface area contributed by atoms with Crippen molar-refractivity contribution in [1.29, 1.82) is 0 Å². The molecule has 4 rings (SSSR count). The smallest absolute Gasteiger partial charge is 0.251 e. The lowest BCUT2D eigenvalue weighted by Gasteiger charge is -2.32. The van der Waals surface area contributed by atoms with E-state index in [0.717, 1.165) is 55.7 Å². The van der Waals surface area contributed by atoms with Crippen LogP contribution < -0.4 is 5.32 Å². The lowest BCUT2D eigenvalue weighted by atomic mass is 9.96. The number of hydrogen-bond donors (Lipinski definition) is 1. The molecular weight excluding hydrogens is 358 g/mol. The molecule has 0 unspecified atom stereocenters. The Hall–Kier alpha value is -2.98. The van der Waals surface area contributed by atoms with Gasteiger partial charge in [0.05, 0.1) is 0 Å². The molecule has 29 heavy (non-hydrogen) atoms. The molecule has 2 heterocycles. The van der Waals surface area contributed by atoms with Gasteiger partial charge in [0.2, 0.25) is 0 Å². The SMILES string of the molecule is O=C(NCC1CCN(Cc2cccnc2)CC1)c1ccc(-c2ccccc2)cc1. The van der Waals surface area contributed by atoms with Crippen molar-refractivity contribution in [2.45, 2.75) is 19.4 Å². The molecular formula is C25H27N3O. The Kier molecular flexibility index (Phi) is 6.32. The molecule has 0 spiro atoms. The van der Waals surface area contributed by atoms with Gasteiger partial charge >= 0.3 is 0 Å². The first-order chi connectivity index (χ1) is 14.3. The number of aromatic nitrogens is 1. The molecule has 0 atom stereocenters. The van der Waals surface area contributed by atoms with Crippen LogP contribution in [0.1, 0.15) is 28.8 Å². The highest BCUT2D eigenvalue weighted by molar-refractivity contribution is 5.94. The van der Waals surface area contributed by atoms with Crippen molar-refractivity contribution in [2.75, 3.05) is 19.6 Å². The number of likely N-dealkylation sites (tertiary alicyclic amines) is 1. The van der Waals surface area contributed by atoms with Crippen LogP contribution in [0.25, 0.3) is 11.1 Å². The Balaban J connectivity index is 1.23. The van der Waals surface area contributed by atoms with E-state index in [2.05, 4.69) is 33.4 Å². The van der Waals surface area contributed by atoms with E-state index in [1.54, 1.807) is 0 Å². The highest BCUT2D eigenvalue weighted by Gasteiger charge is 2.20. The molecule has 4 heteroatoms. The van der Waals surface area contributed by atoms with E-state index >= 15 is 0 Å². The number of amides is 1. The topological polar surface area (TPSA) is 45.2 Å². The molecule has 1 saturated heterocycles. The minimum absolute atomic E-state index is 0.0161. The van der Waals surface area contributed by atoms with Crippen LogP contribution in [0.3, 0.4) is 0 Å². The largest absolute Gasteiger partial charge is 0.352 e. The maximum Gasteiger partial charge on any atom is 0.251 e. The predicted molar refractivity (Wildman–Crippen MR) is 116 cm³/mol. The zero-order valence-corrected chi connectivity index (χ0v) is 16.6. The van der Waals surface area contributed by atoms with Crippen LogP contribution in [0.4, 0.5) is 0 Å². The zero-order chi connectivity index (χ0) is 19.9. The average Bonchev–Trinajstić information content (AvgIpc) is 2.80. The quantitative estimate of drug-likeness (QED) is 0.684. The number of benzene rings is 2. The molecule has 0 radical (unpaired) electrons. The lowest BCUT2D eigenvalue weighted by molar-refractivity contribution is 0.0935. The van der Waals surface area contributed by atoms with Crippen LogP contribution in [0.2, 0.25) is 0 Å². The number of rotatable bonds is 6. The van der Waals surface area contributed by atoms with Crippen molar-refractivity contribution in [1.82, 2.24) is 15.2 Å². The highest BCUT2D eigenvalue weighted by Crippen LogP contribution is 2.20. The molecule has 2 aromatic carbocycles. The van der Waals surface area contributed by atoms with Gasteiger partial charge in [-0.25, -0.2) is 0 Å². The number of piperidine rings is 1. The van der Waals surface area contributed by atoms with Gasteiger partial charge in [-0.05, 0) is 66.7 Å². The highest BCUT2D eigenvalue weighted by atomic mass is 16.1. The fourth-order valence-corrected chi connectivity index (χ4v) is 3.88. The molecule has 1 fully saturated rings. The molecule has 4 nitrogen and oxygen atoms in total. The second-order valence-electron chi connectivity index (χ2n) is 7.73. The third kappa shape index (κ3) is 5.30. The summed E-state index contributed by atoms with van der Waals surface area (Å²) in [6.07, 6.45) is 5.99. The molecule has 1 amide bonds. The van der Waals surface area contributed by atoms with Crippen molar-refractivity contribution >= 4 is 5.91 Å². The van der Waals surface area contributed by atoms with Crippen molar-refractivity contribution in [3.05, 3.63) is 90.3 Å². The Morgan fingerprint density at radius 2 is 1.66 bits per heavy atom. The number of nitrogens with one attached hydrogen (secondary N) is 1. The van der Waals surface area contributed by atoms with Crippen molar-refractivity contribution in [2.24, 2.45) is 5.92 Å². The summed E-state index contributed by atoms with van der Waals surface area (Å²) in [6.45, 7) is 3.85. The molecule has 1 aliphatic heterocycles. The zero-order valence-electron chi connectivity index (χ0n) is 16.6. The van der Waals surface area contributed by atoms with Gasteiger partial charge in [0, 0.05) is 31.0 Å². The Bertz CT molecular complexity index is 902. The summed E-state index contributed by atoms with van der Waals surface area (Å²) in [7, 11) is 0. The average molecular weight is 386 g/mol. The minimum Gasteiger partial charge on any atom is -0.352 e. The molecule has 1 aromatic heterocycles. The van der Waals surface area contributed by atoms with Gasteiger partial charge in [0.15, 0.2) is 0 Å². The number of hydrogen-bond acceptors (Lipinski definition) is 3. The molecule has 1 aliphatic rings. The molecule has 1 N–H and O–H groups in total. The van der Waals surface area contributed by atoms with E-state index in [1.807, 2.05) is 60.9 Å². The fraction of sp³-hybridized carbons (Fsp3) is 0.280. The summed E-state index contributed by atoms with van der Waals surface area (Å²) in [6, 6.07) is 22.2. The van der Waals surface area contributed by atoms with Crippen molar-refractivity contribution in [3.63, 3.8) is 0 Å². The standard InChI is InChI=1S/C25H27N3O/c29-25(24-10-8-23(9-11-24)22-6-2-1-3-7-22)27-18-20-12-15-28(16-13-20)19-21-5-4-14-26-17-21/h1-11,14,17,20H,12-13,15-16,18-19H2,(H,27,29). The van der Waals surface area contributed by atoms with E-state index in [1.165, 1.54) is 5.56 Å². The summed E-state index contributed by atoms with van der Waals surface area (Å²) in [5.74, 6) is 0.565. The van der Waals surface area contributed by atoms with Crippen LogP contribution >= 0.6 is 0 Å². The molecule has 148 valence electrons. The summed E-state index contributed by atoms with van der Waals surface area (Å²) in [5.41, 5.74) is 4.28. The first kappa shape index (κ1) is 19.3. The first-order valence-electron chi connectivity index (χ1n) is 10.3. The second-order valence-corrected chi connectivity index (χ2v) is 7.73. The van der Waals surface area contributed by atoms with Gasteiger partial charge in [-0.15, -0.1) is 0 Å². The third-order valence-electron chi connectivity index (χ3n) is 5.64. The predicted octanol–water partition coefficient (Wildman–Crippen LogP) is 4.39. The summed E-state index contributed by atoms with van der Waals surface area (Å²) >= 11 is 0. The monoisotopic (exact) mass is 385 g/mol. The Morgan fingerprint density at radius 3 is 2.34 bits per heavy atom. The summed E-state index contributed by atoms with van der Waals surface area (Å²) in [4.78, 5) is 19.2. The molecule has 0 aliphatic carbocycles. The Labute approximate surface area is 172 Å². The fourth-order valence-electron chi connectivity index (χ4n) is 3.88. The van der Waals surface area contributed by atoms with E-state index in [9.17, 15) is 4.79 Å². The maximum atomic E-state index is 12.5. The number of carbonyl (C=O) groups is 1. The van der Waals surface area contributed by atoms with Gasteiger partial charge in [-0.2, -0.15) is 0 Å². The van der Waals surface area contributed by atoms with Crippen LogP contribution in [0.15, 0.2) is 79.1 Å². The van der Waals surface area contributed by atoms with Gasteiger partial charge in [0.1, 0.15) is 0 Å². The van der Waals surface area contributed by atoms with Crippen molar-refractivity contribution in [3.8, 4) is 11.1 Å². The van der Waals surface area contributed by atoms with Gasteiger partial charge in [-0.1, -0.05) is 48.5 Å². The number of carbonyl (C=O) groups excluding carboxylic acids is 1. The molecule has 0 saturated carbocycles. The maximum absolute atomic E-state index is 12.5. The summed E-state index contributed by atoms with van der Waals surface area (Å²) in [5, 5.41) is 3.12. The number of pyridine rings is 1. The Morgan fingerprint density at radius 1 is 0.931 bits per heavy atom. The minimum atomic E-state index is 0.0161. The lowest BCUT2D eigenvalue weighted by Crippen LogP contribution is -2.38. The van der Waals surface area contributed by atoms with Gasteiger partial charge in [-0.3, -0.25) is 14.7 Å². The number of nitrogens with zero attached hydrogens (tertiary/aromatic N) is 2. The van der Waals surface area contributed by atoms with E-state index in [4.69, 9.17) is 0 Å². The van der Waals surface area contributed by atoms with Crippen LogP contribution in [0, 0.1) is 5.92 Å². The van der Waals surface area contributed by atoms with Crippen molar-refractivity contribution < 1.29 is 4.79 Å². The third-order valence-corrected chi connectivity index (χ3v) is 5.64.